The third-order valence-electron chi connectivity index (χ3n) is 7.52. The first kappa shape index (κ1) is 23.6. The van der Waals surface area contributed by atoms with Gasteiger partial charge in [-0.05, 0) is 54.3 Å². The molecular formula is C27H30FN7O2. The number of hydrogen-bond donors (Lipinski definition) is 5. The first-order valence-electron chi connectivity index (χ1n) is 12.8. The Labute approximate surface area is 213 Å². The number of halogens is 1. The SMILES string of the molecule is CCc1cc(O)c(F)cc1-c1ccc2c(-c3nc4c([nH]3)CNC(C(=O)N3CCNCC3C)C4)n[nH]c2c1. The Hall–Kier alpha value is -3.76. The van der Waals surface area contributed by atoms with Gasteiger partial charge in [-0.1, -0.05) is 13.0 Å². The van der Waals surface area contributed by atoms with Crippen LogP contribution in [0, 0.1) is 5.82 Å². The molecule has 0 aliphatic carbocycles. The molecule has 2 aromatic carbocycles. The van der Waals surface area contributed by atoms with Crippen molar-refractivity contribution in [1.29, 1.82) is 0 Å². The number of amides is 1. The fourth-order valence-electron chi connectivity index (χ4n) is 5.44. The van der Waals surface area contributed by atoms with Crippen molar-refractivity contribution in [2.75, 3.05) is 19.6 Å². The van der Waals surface area contributed by atoms with E-state index in [0.29, 0.717) is 37.4 Å². The lowest BCUT2D eigenvalue weighted by Gasteiger charge is -2.37. The summed E-state index contributed by atoms with van der Waals surface area (Å²) >= 11 is 0. The van der Waals surface area contributed by atoms with E-state index in [0.717, 1.165) is 52.1 Å². The van der Waals surface area contributed by atoms with Gasteiger partial charge in [0.1, 0.15) is 5.69 Å². The zero-order chi connectivity index (χ0) is 25.7. The Morgan fingerprint density at radius 2 is 2.14 bits per heavy atom. The molecule has 0 bridgehead atoms. The van der Waals surface area contributed by atoms with E-state index < -0.39 is 5.82 Å². The summed E-state index contributed by atoms with van der Waals surface area (Å²) < 4.78 is 14.1. The molecule has 1 fully saturated rings. The maximum absolute atomic E-state index is 14.1. The molecule has 1 amide bonds. The largest absolute Gasteiger partial charge is 0.505 e. The lowest BCUT2D eigenvalue weighted by molar-refractivity contribution is -0.136. The average molecular weight is 504 g/mol. The van der Waals surface area contributed by atoms with E-state index in [1.165, 1.54) is 12.1 Å². The van der Waals surface area contributed by atoms with Gasteiger partial charge in [-0.15, -0.1) is 0 Å². The van der Waals surface area contributed by atoms with Crippen LogP contribution in [-0.2, 0) is 24.2 Å². The van der Waals surface area contributed by atoms with E-state index in [4.69, 9.17) is 4.98 Å². The molecule has 4 heterocycles. The number of nitrogens with zero attached hydrogens (tertiary/aromatic N) is 3. The van der Waals surface area contributed by atoms with Gasteiger partial charge in [0.25, 0.3) is 0 Å². The lowest BCUT2D eigenvalue weighted by Crippen LogP contribution is -2.58. The van der Waals surface area contributed by atoms with Gasteiger partial charge in [0.15, 0.2) is 17.4 Å². The number of H-pyrrole nitrogens is 2. The maximum atomic E-state index is 14.1. The number of hydrogen-bond acceptors (Lipinski definition) is 6. The van der Waals surface area contributed by atoms with Gasteiger partial charge in [0, 0.05) is 44.0 Å². The fourth-order valence-corrected chi connectivity index (χ4v) is 5.44. The first-order valence-corrected chi connectivity index (χ1v) is 12.8. The molecule has 6 rings (SSSR count). The van der Waals surface area contributed by atoms with Crippen LogP contribution in [0.3, 0.4) is 0 Å². The van der Waals surface area contributed by atoms with E-state index in [2.05, 4.69) is 32.7 Å². The molecule has 5 N–H and O–H groups in total. The third-order valence-corrected chi connectivity index (χ3v) is 7.52. The van der Waals surface area contributed by atoms with Crippen LogP contribution in [-0.4, -0.2) is 67.8 Å². The molecule has 4 aromatic rings. The summed E-state index contributed by atoms with van der Waals surface area (Å²) in [6.45, 7) is 6.92. The predicted octanol–water partition coefficient (Wildman–Crippen LogP) is 2.86. The summed E-state index contributed by atoms with van der Waals surface area (Å²) in [5.74, 6) is -0.206. The molecule has 2 unspecified atom stereocenters. The van der Waals surface area contributed by atoms with Crippen LogP contribution < -0.4 is 10.6 Å². The number of fused-ring (bicyclic) bond motifs is 2. The summed E-state index contributed by atoms with van der Waals surface area (Å²) in [7, 11) is 0. The van der Waals surface area contributed by atoms with E-state index in [-0.39, 0.29) is 23.7 Å². The van der Waals surface area contributed by atoms with Gasteiger partial charge in [-0.2, -0.15) is 5.10 Å². The monoisotopic (exact) mass is 503 g/mol. The molecule has 10 heteroatoms. The molecule has 37 heavy (non-hydrogen) atoms. The number of rotatable bonds is 4. The van der Waals surface area contributed by atoms with Crippen molar-refractivity contribution in [1.82, 2.24) is 35.7 Å². The summed E-state index contributed by atoms with van der Waals surface area (Å²) in [4.78, 5) is 23.3. The Bertz CT molecular complexity index is 1490. The number of piperazine rings is 1. The van der Waals surface area contributed by atoms with Crippen molar-refractivity contribution in [3.05, 3.63) is 53.1 Å². The topological polar surface area (TPSA) is 122 Å². The molecule has 192 valence electrons. The van der Waals surface area contributed by atoms with Crippen LogP contribution in [0.5, 0.6) is 5.75 Å². The number of aryl methyl sites for hydroxylation is 1. The number of nitrogens with one attached hydrogen (secondary N) is 4. The number of aromatic nitrogens is 4. The van der Waals surface area contributed by atoms with Gasteiger partial charge < -0.3 is 20.3 Å². The Balaban J connectivity index is 1.27. The summed E-state index contributed by atoms with van der Waals surface area (Å²) in [5.41, 5.74) is 5.79. The van der Waals surface area contributed by atoms with E-state index in [9.17, 15) is 14.3 Å². The van der Waals surface area contributed by atoms with Gasteiger partial charge in [0.2, 0.25) is 5.91 Å². The Kier molecular flexibility index (Phi) is 5.92. The van der Waals surface area contributed by atoms with Crippen LogP contribution in [0.1, 0.15) is 30.8 Å². The Morgan fingerprint density at radius 3 is 2.95 bits per heavy atom. The van der Waals surface area contributed by atoms with Gasteiger partial charge in [-0.25, -0.2) is 9.37 Å². The molecule has 0 saturated carbocycles. The fraction of sp³-hybridized carbons (Fsp3) is 0.370. The standard InChI is InChI=1S/C27H30FN7O2/c1-3-15-9-24(36)19(28)10-18(15)16-4-5-17-20(8-16)33-34-25(17)26-31-21-11-22(30-13-23(21)32-26)27(37)35-7-6-29-12-14(35)2/h4-5,8-10,14,22,29-30,36H,3,6-7,11-13H2,1-2H3,(H,31,32)(H,33,34). The highest BCUT2D eigenvalue weighted by Gasteiger charge is 2.33. The van der Waals surface area contributed by atoms with Crippen LogP contribution in [0.15, 0.2) is 30.3 Å². The van der Waals surface area contributed by atoms with Crippen molar-refractivity contribution in [2.45, 2.75) is 45.3 Å². The van der Waals surface area contributed by atoms with Crippen molar-refractivity contribution < 1.29 is 14.3 Å². The third kappa shape index (κ3) is 4.15. The lowest BCUT2D eigenvalue weighted by atomic mass is 9.96. The average Bonchev–Trinajstić information content (AvgIpc) is 3.53. The number of carbonyl (C=O) groups is 1. The minimum absolute atomic E-state index is 0.124. The second kappa shape index (κ2) is 9.28. The molecule has 0 spiro atoms. The first-order chi connectivity index (χ1) is 17.9. The molecule has 1 saturated heterocycles. The van der Waals surface area contributed by atoms with Gasteiger partial charge in [-0.3, -0.25) is 15.2 Å². The van der Waals surface area contributed by atoms with E-state index >= 15 is 0 Å². The van der Waals surface area contributed by atoms with Crippen molar-refractivity contribution in [3.63, 3.8) is 0 Å². The quantitative estimate of drug-likeness (QED) is 0.292. The number of aromatic hydroxyl groups is 1. The molecule has 9 nitrogen and oxygen atoms in total. The zero-order valence-electron chi connectivity index (χ0n) is 20.9. The minimum Gasteiger partial charge on any atom is -0.505 e. The molecule has 2 aromatic heterocycles. The highest BCUT2D eigenvalue weighted by atomic mass is 19.1. The summed E-state index contributed by atoms with van der Waals surface area (Å²) in [5, 5.41) is 25.0. The second-order valence-corrected chi connectivity index (χ2v) is 9.88. The second-order valence-electron chi connectivity index (χ2n) is 9.88. The summed E-state index contributed by atoms with van der Waals surface area (Å²) in [6, 6.07) is 8.55. The van der Waals surface area contributed by atoms with Crippen LogP contribution in [0.4, 0.5) is 4.39 Å². The number of aromatic amines is 2. The van der Waals surface area contributed by atoms with E-state index in [1.807, 2.05) is 30.0 Å². The minimum atomic E-state index is -0.643. The normalized spacial score (nSPS) is 19.8. The molecule has 2 atom stereocenters. The smallest absolute Gasteiger partial charge is 0.240 e. The zero-order valence-corrected chi connectivity index (χ0v) is 20.9. The number of phenolic OH excluding ortho intramolecular Hbond substituents is 1. The van der Waals surface area contributed by atoms with Crippen molar-refractivity contribution in [2.24, 2.45) is 0 Å². The van der Waals surface area contributed by atoms with Crippen molar-refractivity contribution in [3.8, 4) is 28.4 Å². The van der Waals surface area contributed by atoms with E-state index in [1.54, 1.807) is 0 Å². The highest BCUT2D eigenvalue weighted by molar-refractivity contribution is 5.94. The molecular weight excluding hydrogens is 473 g/mol. The number of phenols is 1. The van der Waals surface area contributed by atoms with Crippen LogP contribution >= 0.6 is 0 Å². The highest BCUT2D eigenvalue weighted by Crippen LogP contribution is 2.34. The number of benzene rings is 2. The Morgan fingerprint density at radius 1 is 1.27 bits per heavy atom. The molecule has 2 aliphatic rings. The molecule has 2 aliphatic heterocycles. The van der Waals surface area contributed by atoms with Crippen LogP contribution in [0.2, 0.25) is 0 Å². The maximum Gasteiger partial charge on any atom is 0.240 e. The van der Waals surface area contributed by atoms with Crippen molar-refractivity contribution >= 4 is 16.8 Å². The number of carbonyl (C=O) groups excluding carboxylic acids is 1. The van der Waals surface area contributed by atoms with Crippen LogP contribution in [0.25, 0.3) is 33.5 Å². The van der Waals surface area contributed by atoms with Gasteiger partial charge >= 0.3 is 0 Å². The predicted molar refractivity (Wildman–Crippen MR) is 138 cm³/mol. The van der Waals surface area contributed by atoms with Gasteiger partial charge in [0.05, 0.1) is 22.9 Å². The number of imidazole rings is 1. The summed E-state index contributed by atoms with van der Waals surface area (Å²) in [6.07, 6.45) is 1.19. The molecule has 0 radical (unpaired) electrons.